The number of aliphatic hydroxyl groups excluding tert-OH is 1. The normalized spacial score (nSPS) is 16.3. The number of nitrogens with zero attached hydrogens (tertiary/aromatic N) is 1. The fourth-order valence-corrected chi connectivity index (χ4v) is 2.06. The van der Waals surface area contributed by atoms with Crippen LogP contribution in [0.15, 0.2) is 60.0 Å². The molecule has 1 heterocycles. The van der Waals surface area contributed by atoms with Crippen molar-refractivity contribution in [3.63, 3.8) is 0 Å². The van der Waals surface area contributed by atoms with Crippen molar-refractivity contribution in [2.75, 3.05) is 11.5 Å². The van der Waals surface area contributed by atoms with Crippen molar-refractivity contribution >= 4 is 11.6 Å². The van der Waals surface area contributed by atoms with Gasteiger partial charge in [-0.05, 0) is 31.1 Å². The second-order valence-electron chi connectivity index (χ2n) is 4.94. The Kier molecular flexibility index (Phi) is 4.48. The molecule has 1 amide bonds. The lowest BCUT2D eigenvalue weighted by molar-refractivity contribution is -0.113. The van der Waals surface area contributed by atoms with Gasteiger partial charge in [-0.25, -0.2) is 0 Å². The maximum atomic E-state index is 12.0. The van der Waals surface area contributed by atoms with Crippen molar-refractivity contribution in [1.82, 2.24) is 0 Å². The molecule has 1 aliphatic heterocycles. The Balaban J connectivity index is 2.29. The van der Waals surface area contributed by atoms with Crippen molar-refractivity contribution in [3.05, 3.63) is 60.0 Å². The van der Waals surface area contributed by atoms with Crippen molar-refractivity contribution in [3.8, 4) is 5.75 Å². The maximum Gasteiger partial charge on any atom is 0.259 e. The SMILES string of the molecule is C=C(C)COc1cccc(N2C(=O)C=C(O)C2=CCC)c1. The Hall–Kier alpha value is -2.49. The van der Waals surface area contributed by atoms with Crippen LogP contribution in [0.1, 0.15) is 20.3 Å². The Morgan fingerprint density at radius 2 is 2.24 bits per heavy atom. The van der Waals surface area contributed by atoms with Crippen LogP contribution in [-0.2, 0) is 4.79 Å². The fourth-order valence-electron chi connectivity index (χ4n) is 2.06. The number of ether oxygens (including phenoxy) is 1. The highest BCUT2D eigenvalue weighted by molar-refractivity contribution is 6.08. The molecule has 110 valence electrons. The summed E-state index contributed by atoms with van der Waals surface area (Å²) in [4.78, 5) is 13.5. The zero-order chi connectivity index (χ0) is 15.4. The molecular weight excluding hydrogens is 266 g/mol. The average molecular weight is 285 g/mol. The van der Waals surface area contributed by atoms with E-state index in [1.165, 1.54) is 11.0 Å². The predicted octanol–water partition coefficient (Wildman–Crippen LogP) is 3.72. The summed E-state index contributed by atoms with van der Waals surface area (Å²) in [5.74, 6) is 0.393. The fraction of sp³-hybridized carbons (Fsp3) is 0.235. The number of carbonyl (C=O) groups excluding carboxylic acids is 1. The van der Waals surface area contributed by atoms with Crippen molar-refractivity contribution in [2.45, 2.75) is 20.3 Å². The summed E-state index contributed by atoms with van der Waals surface area (Å²) in [6.45, 7) is 8.06. The van der Waals surface area contributed by atoms with Crippen molar-refractivity contribution in [2.24, 2.45) is 0 Å². The number of benzene rings is 1. The van der Waals surface area contributed by atoms with Crippen LogP contribution in [0.4, 0.5) is 5.69 Å². The van der Waals surface area contributed by atoms with Gasteiger partial charge < -0.3 is 9.84 Å². The lowest BCUT2D eigenvalue weighted by Gasteiger charge is -2.19. The minimum absolute atomic E-state index is 0.00453. The second-order valence-corrected chi connectivity index (χ2v) is 4.94. The molecule has 1 aromatic rings. The van der Waals surface area contributed by atoms with Gasteiger partial charge in [0.2, 0.25) is 0 Å². The first kappa shape index (κ1) is 14.9. The van der Waals surface area contributed by atoms with Gasteiger partial charge in [-0.1, -0.05) is 25.6 Å². The van der Waals surface area contributed by atoms with Crippen LogP contribution in [0.25, 0.3) is 0 Å². The van der Waals surface area contributed by atoms with Crippen LogP contribution >= 0.6 is 0 Å². The van der Waals surface area contributed by atoms with Crippen molar-refractivity contribution in [1.29, 1.82) is 0 Å². The lowest BCUT2D eigenvalue weighted by atomic mass is 10.2. The first-order valence-corrected chi connectivity index (χ1v) is 6.85. The van der Waals surface area contributed by atoms with Crippen LogP contribution in [0.3, 0.4) is 0 Å². The number of amides is 1. The van der Waals surface area contributed by atoms with Gasteiger partial charge >= 0.3 is 0 Å². The van der Waals surface area contributed by atoms with Gasteiger partial charge in [-0.2, -0.15) is 0 Å². The van der Waals surface area contributed by atoms with Gasteiger partial charge in [0.05, 0.1) is 11.4 Å². The second kappa shape index (κ2) is 6.31. The summed E-state index contributed by atoms with van der Waals surface area (Å²) in [6, 6.07) is 7.22. The molecule has 2 rings (SSSR count). The van der Waals surface area contributed by atoms with E-state index in [4.69, 9.17) is 4.74 Å². The number of aliphatic hydroxyl groups is 1. The predicted molar refractivity (Wildman–Crippen MR) is 83.3 cm³/mol. The number of rotatable bonds is 5. The quantitative estimate of drug-likeness (QED) is 0.839. The zero-order valence-corrected chi connectivity index (χ0v) is 12.3. The van der Waals surface area contributed by atoms with E-state index in [-0.39, 0.29) is 11.7 Å². The van der Waals surface area contributed by atoms with E-state index in [2.05, 4.69) is 6.58 Å². The molecule has 4 nitrogen and oxygen atoms in total. The molecule has 0 unspecified atom stereocenters. The number of hydrogen-bond donors (Lipinski definition) is 1. The molecule has 0 saturated heterocycles. The maximum absolute atomic E-state index is 12.0. The molecule has 0 aliphatic carbocycles. The largest absolute Gasteiger partial charge is 0.506 e. The number of anilines is 1. The summed E-state index contributed by atoms with van der Waals surface area (Å²) in [7, 11) is 0. The third-order valence-electron chi connectivity index (χ3n) is 2.94. The molecule has 1 N–H and O–H groups in total. The molecule has 21 heavy (non-hydrogen) atoms. The molecule has 0 bridgehead atoms. The summed E-state index contributed by atoms with van der Waals surface area (Å²) in [5, 5.41) is 9.86. The van der Waals surface area contributed by atoms with E-state index in [1.807, 2.05) is 38.1 Å². The standard InChI is InChI=1S/C17H19NO3/c1-4-6-15-16(19)10-17(20)18(15)13-7-5-8-14(9-13)21-11-12(2)3/h5-10,19H,2,4,11H2,1,3H3. The third-order valence-corrected chi connectivity index (χ3v) is 2.94. The molecule has 0 fully saturated rings. The van der Waals surface area contributed by atoms with Gasteiger partial charge in [0.25, 0.3) is 5.91 Å². The molecule has 0 saturated carbocycles. The first-order valence-electron chi connectivity index (χ1n) is 6.85. The van der Waals surface area contributed by atoms with E-state index >= 15 is 0 Å². The smallest absolute Gasteiger partial charge is 0.259 e. The Bertz CT molecular complexity index is 629. The molecule has 0 radical (unpaired) electrons. The van der Waals surface area contributed by atoms with E-state index < -0.39 is 0 Å². The monoisotopic (exact) mass is 285 g/mol. The lowest BCUT2D eigenvalue weighted by Crippen LogP contribution is -2.23. The van der Waals surface area contributed by atoms with Crippen LogP contribution < -0.4 is 9.64 Å². The highest BCUT2D eigenvalue weighted by atomic mass is 16.5. The molecule has 0 spiro atoms. The minimum Gasteiger partial charge on any atom is -0.506 e. The number of hydrogen-bond acceptors (Lipinski definition) is 3. The van der Waals surface area contributed by atoms with Crippen molar-refractivity contribution < 1.29 is 14.6 Å². The minimum atomic E-state index is -0.260. The topological polar surface area (TPSA) is 49.8 Å². The number of carbonyl (C=O) groups is 1. The van der Waals surface area contributed by atoms with Gasteiger partial charge in [0.15, 0.2) is 0 Å². The van der Waals surface area contributed by atoms with Gasteiger partial charge in [-0.15, -0.1) is 0 Å². The Morgan fingerprint density at radius 1 is 1.48 bits per heavy atom. The van der Waals surface area contributed by atoms with Crippen LogP contribution in [0.5, 0.6) is 5.75 Å². The summed E-state index contributed by atoms with van der Waals surface area (Å²) < 4.78 is 5.59. The van der Waals surface area contributed by atoms with E-state index in [9.17, 15) is 9.90 Å². The molecule has 0 aromatic heterocycles. The number of allylic oxidation sites excluding steroid dienone is 1. The van der Waals surface area contributed by atoms with Gasteiger partial charge in [0.1, 0.15) is 18.1 Å². The average Bonchev–Trinajstić information content (AvgIpc) is 2.72. The van der Waals surface area contributed by atoms with E-state index in [0.717, 1.165) is 12.0 Å². The highest BCUT2D eigenvalue weighted by Crippen LogP contribution is 2.31. The van der Waals surface area contributed by atoms with E-state index in [1.54, 1.807) is 6.07 Å². The summed E-state index contributed by atoms with van der Waals surface area (Å²) in [6.07, 6.45) is 3.77. The highest BCUT2D eigenvalue weighted by Gasteiger charge is 2.28. The molecule has 1 aromatic carbocycles. The Morgan fingerprint density at radius 3 is 2.90 bits per heavy atom. The van der Waals surface area contributed by atoms with Crippen LogP contribution in [0, 0.1) is 0 Å². The molecule has 0 atom stereocenters. The third kappa shape index (κ3) is 3.34. The zero-order valence-electron chi connectivity index (χ0n) is 12.3. The molecule has 4 heteroatoms. The van der Waals surface area contributed by atoms with Crippen LogP contribution in [0.2, 0.25) is 0 Å². The molecular formula is C17H19NO3. The van der Waals surface area contributed by atoms with Gasteiger partial charge in [-0.3, -0.25) is 9.69 Å². The Labute approximate surface area is 124 Å². The van der Waals surface area contributed by atoms with Gasteiger partial charge in [0, 0.05) is 12.1 Å². The summed E-state index contributed by atoms with van der Waals surface area (Å²) >= 11 is 0. The summed E-state index contributed by atoms with van der Waals surface area (Å²) in [5.41, 5.74) is 2.10. The van der Waals surface area contributed by atoms with Crippen LogP contribution in [-0.4, -0.2) is 17.6 Å². The molecule has 1 aliphatic rings. The first-order chi connectivity index (χ1) is 10.0. The van der Waals surface area contributed by atoms with E-state index in [0.29, 0.717) is 23.7 Å².